The van der Waals surface area contributed by atoms with Gasteiger partial charge in [0.15, 0.2) is 5.17 Å². The van der Waals surface area contributed by atoms with Crippen molar-refractivity contribution in [3.05, 3.63) is 30.3 Å². The van der Waals surface area contributed by atoms with Crippen molar-refractivity contribution in [1.29, 1.82) is 10.5 Å². The first-order valence-electron chi connectivity index (χ1n) is 6.98. The molecule has 0 fully saturated rings. The number of rotatable bonds is 5. The molecular weight excluding hydrogens is 296 g/mol. The third-order valence-corrected chi connectivity index (χ3v) is 4.32. The zero-order valence-electron chi connectivity index (χ0n) is 12.3. The van der Waals surface area contributed by atoms with Crippen LogP contribution in [0.15, 0.2) is 35.3 Å². The van der Waals surface area contributed by atoms with Gasteiger partial charge in [-0.15, -0.1) is 0 Å². The van der Waals surface area contributed by atoms with Crippen molar-refractivity contribution in [3.8, 4) is 12.1 Å². The fraction of sp³-hybridized carbons (Fsp3) is 0.375. The van der Waals surface area contributed by atoms with Crippen LogP contribution in [0, 0.1) is 22.7 Å². The molecule has 0 bridgehead atoms. The monoisotopic (exact) mass is 312 g/mol. The molecule has 6 heteroatoms. The molecule has 0 spiro atoms. The Morgan fingerprint density at radius 1 is 1.23 bits per heavy atom. The Balaban J connectivity index is 2.30. The maximum absolute atomic E-state index is 12.8. The van der Waals surface area contributed by atoms with Gasteiger partial charge < -0.3 is 0 Å². The molecule has 22 heavy (non-hydrogen) atoms. The van der Waals surface area contributed by atoms with Crippen molar-refractivity contribution in [2.24, 2.45) is 4.99 Å². The summed E-state index contributed by atoms with van der Waals surface area (Å²) in [5.74, 6) is 0.466. The predicted molar refractivity (Wildman–Crippen MR) is 87.3 cm³/mol. The highest BCUT2D eigenvalue weighted by Gasteiger charge is 2.44. The molecule has 1 atom stereocenters. The van der Waals surface area contributed by atoms with Gasteiger partial charge in [-0.25, -0.2) is 4.99 Å². The van der Waals surface area contributed by atoms with E-state index in [1.54, 1.807) is 11.8 Å². The molecule has 1 heterocycles. The minimum atomic E-state index is -0.902. The molecule has 0 radical (unpaired) electrons. The van der Waals surface area contributed by atoms with E-state index in [9.17, 15) is 4.79 Å². The number of hydrogen-bond acceptors (Lipinski definition) is 5. The molecule has 0 saturated heterocycles. The van der Waals surface area contributed by atoms with E-state index in [-0.39, 0.29) is 12.3 Å². The van der Waals surface area contributed by atoms with E-state index in [0.29, 0.717) is 23.8 Å². The molecular formula is C16H16N4OS. The minimum Gasteiger partial charge on any atom is -0.271 e. The van der Waals surface area contributed by atoms with Gasteiger partial charge in [0.1, 0.15) is 5.54 Å². The number of benzene rings is 1. The van der Waals surface area contributed by atoms with Crippen LogP contribution in [0.25, 0.3) is 0 Å². The van der Waals surface area contributed by atoms with Gasteiger partial charge in [-0.05, 0) is 25.5 Å². The number of thioether (sulfide) groups is 1. The molecule has 0 aromatic heterocycles. The second-order valence-electron chi connectivity index (χ2n) is 5.06. The summed E-state index contributed by atoms with van der Waals surface area (Å²) >= 11 is 1.40. The number of carbonyl (C=O) groups excluding carboxylic acids is 1. The van der Waals surface area contributed by atoms with Crippen LogP contribution >= 0.6 is 11.8 Å². The lowest BCUT2D eigenvalue weighted by Crippen LogP contribution is -2.40. The van der Waals surface area contributed by atoms with Crippen molar-refractivity contribution in [2.45, 2.75) is 31.7 Å². The first-order valence-corrected chi connectivity index (χ1v) is 7.97. The van der Waals surface area contributed by atoms with Crippen molar-refractivity contribution in [1.82, 2.24) is 0 Å². The fourth-order valence-electron chi connectivity index (χ4n) is 2.19. The van der Waals surface area contributed by atoms with Crippen LogP contribution in [0.3, 0.4) is 0 Å². The smallest absolute Gasteiger partial charge is 0.260 e. The molecule has 1 aromatic rings. The van der Waals surface area contributed by atoms with Gasteiger partial charge in [0.05, 0.1) is 17.8 Å². The van der Waals surface area contributed by atoms with E-state index in [0.717, 1.165) is 5.69 Å². The maximum Gasteiger partial charge on any atom is 0.260 e. The number of nitrogens with zero attached hydrogens (tertiary/aromatic N) is 4. The summed E-state index contributed by atoms with van der Waals surface area (Å²) in [5, 5.41) is 18.1. The molecule has 1 amide bonds. The van der Waals surface area contributed by atoms with Crippen LogP contribution in [0.5, 0.6) is 0 Å². The van der Waals surface area contributed by atoms with E-state index in [1.807, 2.05) is 30.3 Å². The van der Waals surface area contributed by atoms with Crippen molar-refractivity contribution < 1.29 is 4.79 Å². The average molecular weight is 312 g/mol. The van der Waals surface area contributed by atoms with Crippen LogP contribution < -0.4 is 4.90 Å². The topological polar surface area (TPSA) is 80.2 Å². The highest BCUT2D eigenvalue weighted by molar-refractivity contribution is 8.14. The van der Waals surface area contributed by atoms with Crippen LogP contribution in [-0.2, 0) is 4.79 Å². The molecule has 0 N–H and O–H groups in total. The summed E-state index contributed by atoms with van der Waals surface area (Å²) < 4.78 is 0. The van der Waals surface area contributed by atoms with Gasteiger partial charge in [-0.2, -0.15) is 10.5 Å². The van der Waals surface area contributed by atoms with Gasteiger partial charge in [-0.3, -0.25) is 9.69 Å². The van der Waals surface area contributed by atoms with Crippen molar-refractivity contribution in [2.75, 3.05) is 10.7 Å². The summed E-state index contributed by atoms with van der Waals surface area (Å²) in [7, 11) is 0. The number of amides is 1. The molecule has 0 unspecified atom stereocenters. The number of aliphatic imine (C=N–C) groups is 1. The number of amidine groups is 1. The fourth-order valence-corrected chi connectivity index (χ4v) is 3.15. The van der Waals surface area contributed by atoms with E-state index >= 15 is 0 Å². The normalized spacial score (nSPS) is 20.4. The second-order valence-corrected chi connectivity index (χ2v) is 6.12. The highest BCUT2D eigenvalue weighted by Crippen LogP contribution is 2.34. The van der Waals surface area contributed by atoms with Crippen LogP contribution in [-0.4, -0.2) is 22.4 Å². The lowest BCUT2D eigenvalue weighted by molar-refractivity contribution is -0.121. The Hall–Kier alpha value is -2.31. The summed E-state index contributed by atoms with van der Waals surface area (Å²) in [6.07, 6.45) is 1.08. The standard InChI is InChI=1S/C16H16N4OS/c1-16(9-5-10-17)14(21)20(13-7-3-2-4-8-13)15(19-16)22-12-6-11-18/h2-4,7-8H,5-6,9,12H2,1H3/t16-/m1/s1. The molecule has 0 saturated carbocycles. The minimum absolute atomic E-state index is 0.117. The molecule has 0 aliphatic carbocycles. The average Bonchev–Trinajstić information content (AvgIpc) is 2.78. The first-order chi connectivity index (χ1) is 10.6. The summed E-state index contributed by atoms with van der Waals surface area (Å²) in [6, 6.07) is 13.5. The van der Waals surface area contributed by atoms with Crippen LogP contribution in [0.4, 0.5) is 5.69 Å². The SMILES string of the molecule is C[C@]1(CCC#N)N=C(SCCC#N)N(c2ccccc2)C1=O. The van der Waals surface area contributed by atoms with Gasteiger partial charge in [-0.1, -0.05) is 30.0 Å². The third-order valence-electron chi connectivity index (χ3n) is 3.38. The number of nitriles is 2. The third kappa shape index (κ3) is 3.29. The number of carbonyl (C=O) groups is 1. The van der Waals surface area contributed by atoms with E-state index in [2.05, 4.69) is 17.1 Å². The Morgan fingerprint density at radius 2 is 1.91 bits per heavy atom. The van der Waals surface area contributed by atoms with Crippen LogP contribution in [0.2, 0.25) is 0 Å². The molecule has 112 valence electrons. The zero-order chi connectivity index (χ0) is 16.0. The Labute approximate surface area is 134 Å². The van der Waals surface area contributed by atoms with E-state index < -0.39 is 5.54 Å². The summed E-state index contributed by atoms with van der Waals surface area (Å²) in [4.78, 5) is 19.0. The maximum atomic E-state index is 12.8. The highest BCUT2D eigenvalue weighted by atomic mass is 32.2. The Kier molecular flexibility index (Phi) is 5.19. The van der Waals surface area contributed by atoms with E-state index in [4.69, 9.17) is 10.5 Å². The largest absolute Gasteiger partial charge is 0.271 e. The second kappa shape index (κ2) is 7.11. The number of para-hydroxylation sites is 1. The van der Waals surface area contributed by atoms with Gasteiger partial charge in [0.25, 0.3) is 5.91 Å². The number of hydrogen-bond donors (Lipinski definition) is 0. The summed E-state index contributed by atoms with van der Waals surface area (Å²) in [6.45, 7) is 1.76. The quantitative estimate of drug-likeness (QED) is 0.782. The molecule has 1 aliphatic rings. The lowest BCUT2D eigenvalue weighted by atomic mass is 9.96. The first kappa shape index (κ1) is 16.1. The van der Waals surface area contributed by atoms with Gasteiger partial charge >= 0.3 is 0 Å². The van der Waals surface area contributed by atoms with E-state index in [1.165, 1.54) is 11.8 Å². The molecule has 2 rings (SSSR count). The van der Waals surface area contributed by atoms with Crippen molar-refractivity contribution >= 4 is 28.5 Å². The van der Waals surface area contributed by atoms with Gasteiger partial charge in [0, 0.05) is 18.6 Å². The number of anilines is 1. The molecule has 1 aliphatic heterocycles. The van der Waals surface area contributed by atoms with Crippen LogP contribution in [0.1, 0.15) is 26.2 Å². The van der Waals surface area contributed by atoms with Gasteiger partial charge in [0.2, 0.25) is 0 Å². The molecule has 1 aromatic carbocycles. The lowest BCUT2D eigenvalue weighted by Gasteiger charge is -2.22. The Morgan fingerprint density at radius 3 is 2.55 bits per heavy atom. The summed E-state index contributed by atoms with van der Waals surface area (Å²) in [5.41, 5.74) is -0.142. The predicted octanol–water partition coefficient (Wildman–Crippen LogP) is 3.10. The van der Waals surface area contributed by atoms with Crippen molar-refractivity contribution in [3.63, 3.8) is 0 Å². The Bertz CT molecular complexity index is 659. The zero-order valence-corrected chi connectivity index (χ0v) is 13.1. The molecule has 5 nitrogen and oxygen atoms in total.